The molecule has 0 aromatic heterocycles. The molecule has 0 aliphatic carbocycles. The van der Waals surface area contributed by atoms with E-state index < -0.39 is 0 Å². The number of nitrogens with zero attached hydrogens (tertiary/aromatic N) is 1. The molecule has 1 fully saturated rings. The van der Waals surface area contributed by atoms with Gasteiger partial charge in [0.25, 0.3) is 0 Å². The first-order chi connectivity index (χ1) is 6.20. The lowest BCUT2D eigenvalue weighted by molar-refractivity contribution is 0.215. The van der Waals surface area contributed by atoms with E-state index in [9.17, 15) is 0 Å². The van der Waals surface area contributed by atoms with Crippen molar-refractivity contribution in [3.05, 3.63) is 0 Å². The average Bonchev–Trinajstić information content (AvgIpc) is 2.15. The van der Waals surface area contributed by atoms with Gasteiger partial charge >= 0.3 is 0 Å². The number of rotatable bonds is 4. The van der Waals surface area contributed by atoms with Gasteiger partial charge in [-0.2, -0.15) is 0 Å². The molecular weight excluding hydrogens is 160 g/mol. The van der Waals surface area contributed by atoms with Crippen LogP contribution in [0.3, 0.4) is 0 Å². The van der Waals surface area contributed by atoms with Gasteiger partial charge in [-0.1, -0.05) is 20.3 Å². The maximum Gasteiger partial charge on any atom is 0.00740 e. The lowest BCUT2D eigenvalue weighted by Gasteiger charge is -2.28. The van der Waals surface area contributed by atoms with Crippen LogP contribution in [-0.4, -0.2) is 30.6 Å². The van der Waals surface area contributed by atoms with Gasteiger partial charge in [-0.05, 0) is 44.8 Å². The highest BCUT2D eigenvalue weighted by Gasteiger charge is 2.12. The Labute approximate surface area is 82.5 Å². The van der Waals surface area contributed by atoms with E-state index in [0.717, 1.165) is 6.42 Å². The Kier molecular flexibility index (Phi) is 4.74. The monoisotopic (exact) mass is 184 g/mol. The molecule has 2 N–H and O–H groups in total. The van der Waals surface area contributed by atoms with Crippen molar-refractivity contribution in [3.63, 3.8) is 0 Å². The maximum atomic E-state index is 6.01. The third-order valence-electron chi connectivity index (χ3n) is 3.08. The van der Waals surface area contributed by atoms with Gasteiger partial charge in [-0.15, -0.1) is 0 Å². The molecule has 78 valence electrons. The fraction of sp³-hybridized carbons (Fsp3) is 1.00. The molecular formula is C11H24N2. The van der Waals surface area contributed by atoms with Crippen LogP contribution in [0.25, 0.3) is 0 Å². The van der Waals surface area contributed by atoms with Crippen molar-refractivity contribution in [2.45, 2.75) is 45.6 Å². The van der Waals surface area contributed by atoms with Crippen LogP contribution < -0.4 is 5.73 Å². The second kappa shape index (κ2) is 5.61. The molecule has 1 atom stereocenters. The fourth-order valence-corrected chi connectivity index (χ4v) is 1.85. The van der Waals surface area contributed by atoms with Gasteiger partial charge in [0.1, 0.15) is 0 Å². The number of piperidine rings is 1. The highest BCUT2D eigenvalue weighted by atomic mass is 15.1. The Hall–Kier alpha value is -0.0800. The molecule has 1 aliphatic rings. The summed E-state index contributed by atoms with van der Waals surface area (Å²) in [6.45, 7) is 8.22. The zero-order valence-electron chi connectivity index (χ0n) is 9.13. The van der Waals surface area contributed by atoms with Crippen LogP contribution >= 0.6 is 0 Å². The SMILES string of the molecule is CC(C)C(N)CCN1CCCCC1. The fourth-order valence-electron chi connectivity index (χ4n) is 1.85. The van der Waals surface area contributed by atoms with Crippen LogP contribution in [0.4, 0.5) is 0 Å². The summed E-state index contributed by atoms with van der Waals surface area (Å²) >= 11 is 0. The summed E-state index contributed by atoms with van der Waals surface area (Å²) in [5.41, 5.74) is 6.01. The summed E-state index contributed by atoms with van der Waals surface area (Å²) in [5, 5.41) is 0. The number of hydrogen-bond donors (Lipinski definition) is 1. The van der Waals surface area contributed by atoms with Crippen molar-refractivity contribution in [1.82, 2.24) is 4.90 Å². The van der Waals surface area contributed by atoms with Crippen LogP contribution in [0.5, 0.6) is 0 Å². The summed E-state index contributed by atoms with van der Waals surface area (Å²) in [6, 6.07) is 0.391. The summed E-state index contributed by atoms with van der Waals surface area (Å²) in [4.78, 5) is 2.56. The Balaban J connectivity index is 2.10. The van der Waals surface area contributed by atoms with Gasteiger partial charge in [-0.3, -0.25) is 0 Å². The van der Waals surface area contributed by atoms with E-state index in [-0.39, 0.29) is 0 Å². The predicted molar refractivity (Wildman–Crippen MR) is 57.7 cm³/mol. The summed E-state index contributed by atoms with van der Waals surface area (Å²) in [5.74, 6) is 0.629. The minimum atomic E-state index is 0.391. The predicted octanol–water partition coefficient (Wildman–Crippen LogP) is 1.85. The average molecular weight is 184 g/mol. The molecule has 0 saturated carbocycles. The Morgan fingerprint density at radius 3 is 2.31 bits per heavy atom. The van der Waals surface area contributed by atoms with Crippen LogP contribution in [0.15, 0.2) is 0 Å². The Morgan fingerprint density at radius 2 is 1.77 bits per heavy atom. The van der Waals surface area contributed by atoms with Gasteiger partial charge < -0.3 is 10.6 Å². The van der Waals surface area contributed by atoms with Crippen LogP contribution in [0.1, 0.15) is 39.5 Å². The van der Waals surface area contributed by atoms with E-state index in [2.05, 4.69) is 18.7 Å². The van der Waals surface area contributed by atoms with Gasteiger partial charge in [0.15, 0.2) is 0 Å². The second-order valence-corrected chi connectivity index (χ2v) is 4.60. The van der Waals surface area contributed by atoms with E-state index in [4.69, 9.17) is 5.73 Å². The largest absolute Gasteiger partial charge is 0.327 e. The molecule has 2 heteroatoms. The van der Waals surface area contributed by atoms with Crippen molar-refractivity contribution < 1.29 is 0 Å². The number of likely N-dealkylation sites (tertiary alicyclic amines) is 1. The molecule has 0 bridgehead atoms. The molecule has 1 rings (SSSR count). The Bertz CT molecular complexity index is 128. The summed E-state index contributed by atoms with van der Waals surface area (Å²) < 4.78 is 0. The van der Waals surface area contributed by atoms with Crippen molar-refractivity contribution in [1.29, 1.82) is 0 Å². The first kappa shape index (κ1) is 11.0. The van der Waals surface area contributed by atoms with Crippen LogP contribution in [0, 0.1) is 5.92 Å². The van der Waals surface area contributed by atoms with E-state index in [1.54, 1.807) is 0 Å². The standard InChI is InChI=1S/C11H24N2/c1-10(2)11(12)6-9-13-7-4-3-5-8-13/h10-11H,3-9,12H2,1-2H3. The highest BCUT2D eigenvalue weighted by molar-refractivity contribution is 4.70. The van der Waals surface area contributed by atoms with E-state index >= 15 is 0 Å². The van der Waals surface area contributed by atoms with Gasteiger partial charge in [0.05, 0.1) is 0 Å². The van der Waals surface area contributed by atoms with E-state index in [1.165, 1.54) is 38.9 Å². The normalized spacial score (nSPS) is 22.2. The molecule has 0 amide bonds. The van der Waals surface area contributed by atoms with Crippen molar-refractivity contribution in [2.75, 3.05) is 19.6 Å². The maximum absolute atomic E-state index is 6.01. The summed E-state index contributed by atoms with van der Waals surface area (Å²) in [7, 11) is 0. The number of hydrogen-bond acceptors (Lipinski definition) is 2. The molecule has 13 heavy (non-hydrogen) atoms. The van der Waals surface area contributed by atoms with Gasteiger partial charge in [0, 0.05) is 6.04 Å². The van der Waals surface area contributed by atoms with Gasteiger partial charge in [0.2, 0.25) is 0 Å². The lowest BCUT2D eigenvalue weighted by atomic mass is 10.0. The number of nitrogens with two attached hydrogens (primary N) is 1. The lowest BCUT2D eigenvalue weighted by Crippen LogP contribution is -2.36. The van der Waals surface area contributed by atoms with Gasteiger partial charge in [-0.25, -0.2) is 0 Å². The first-order valence-corrected chi connectivity index (χ1v) is 5.68. The first-order valence-electron chi connectivity index (χ1n) is 5.68. The molecule has 0 aromatic carbocycles. The topological polar surface area (TPSA) is 29.3 Å². The van der Waals surface area contributed by atoms with Crippen molar-refractivity contribution in [3.8, 4) is 0 Å². The molecule has 1 unspecified atom stereocenters. The molecule has 1 aliphatic heterocycles. The van der Waals surface area contributed by atoms with E-state index in [0.29, 0.717) is 12.0 Å². The molecule has 0 aromatic rings. The minimum absolute atomic E-state index is 0.391. The van der Waals surface area contributed by atoms with E-state index in [1.807, 2.05) is 0 Å². The zero-order chi connectivity index (χ0) is 9.68. The minimum Gasteiger partial charge on any atom is -0.327 e. The third kappa shape index (κ3) is 4.10. The summed E-state index contributed by atoms with van der Waals surface area (Å²) in [6.07, 6.45) is 5.36. The molecule has 1 heterocycles. The highest BCUT2D eigenvalue weighted by Crippen LogP contribution is 2.10. The van der Waals surface area contributed by atoms with Crippen molar-refractivity contribution >= 4 is 0 Å². The smallest absolute Gasteiger partial charge is 0.00740 e. The zero-order valence-corrected chi connectivity index (χ0v) is 9.13. The molecule has 1 saturated heterocycles. The second-order valence-electron chi connectivity index (χ2n) is 4.60. The molecule has 2 nitrogen and oxygen atoms in total. The third-order valence-corrected chi connectivity index (χ3v) is 3.08. The Morgan fingerprint density at radius 1 is 1.15 bits per heavy atom. The van der Waals surface area contributed by atoms with Crippen LogP contribution in [-0.2, 0) is 0 Å². The quantitative estimate of drug-likeness (QED) is 0.722. The van der Waals surface area contributed by atoms with Crippen molar-refractivity contribution in [2.24, 2.45) is 11.7 Å². The molecule has 0 spiro atoms. The molecule has 0 radical (unpaired) electrons. The van der Waals surface area contributed by atoms with Crippen LogP contribution in [0.2, 0.25) is 0 Å².